The number of anilines is 2. The molecule has 0 unspecified atom stereocenters. The summed E-state index contributed by atoms with van der Waals surface area (Å²) in [6.45, 7) is 3.79. The average Bonchev–Trinajstić information content (AvgIpc) is 3.01. The quantitative estimate of drug-likeness (QED) is 0.905. The topological polar surface area (TPSA) is 49.4 Å². The van der Waals surface area contributed by atoms with E-state index in [2.05, 4.69) is 9.62 Å². The van der Waals surface area contributed by atoms with E-state index in [1.54, 1.807) is 36.4 Å². The second kappa shape index (κ2) is 6.42. The molecule has 0 amide bonds. The minimum atomic E-state index is -3.63. The first-order valence-corrected chi connectivity index (χ1v) is 9.46. The fraction of sp³-hybridized carbons (Fsp3) is 0.294. The molecule has 122 valence electrons. The number of hydrogen-bond acceptors (Lipinski definition) is 3. The van der Waals surface area contributed by atoms with Crippen molar-refractivity contribution in [2.45, 2.75) is 24.7 Å². The largest absolute Gasteiger partial charge is 0.370 e. The molecule has 1 saturated heterocycles. The Balaban J connectivity index is 1.95. The average molecular weight is 351 g/mol. The van der Waals surface area contributed by atoms with E-state index in [9.17, 15) is 8.42 Å². The zero-order valence-electron chi connectivity index (χ0n) is 12.9. The molecule has 0 aromatic heterocycles. The Morgan fingerprint density at radius 2 is 1.70 bits per heavy atom. The normalized spacial score (nSPS) is 15.0. The SMILES string of the molecule is Cc1ccc(S(=O)(=O)Nc2cc(Cl)ccc2N2CCCC2)cc1. The predicted octanol–water partition coefficient (Wildman–Crippen LogP) is 4.05. The third-order valence-electron chi connectivity index (χ3n) is 3.98. The number of sulfonamides is 1. The van der Waals surface area contributed by atoms with E-state index in [4.69, 9.17) is 11.6 Å². The molecule has 1 N–H and O–H groups in total. The molecule has 0 saturated carbocycles. The maximum atomic E-state index is 12.6. The van der Waals surface area contributed by atoms with Crippen molar-refractivity contribution in [3.05, 3.63) is 53.1 Å². The van der Waals surface area contributed by atoms with Crippen molar-refractivity contribution in [3.63, 3.8) is 0 Å². The van der Waals surface area contributed by atoms with Crippen molar-refractivity contribution in [1.82, 2.24) is 0 Å². The number of rotatable bonds is 4. The van der Waals surface area contributed by atoms with Crippen molar-refractivity contribution in [2.24, 2.45) is 0 Å². The first-order chi connectivity index (χ1) is 11.0. The molecule has 0 radical (unpaired) electrons. The maximum Gasteiger partial charge on any atom is 0.261 e. The van der Waals surface area contributed by atoms with Gasteiger partial charge in [-0.2, -0.15) is 0 Å². The molecule has 1 fully saturated rings. The van der Waals surface area contributed by atoms with Crippen molar-refractivity contribution < 1.29 is 8.42 Å². The van der Waals surface area contributed by atoms with Crippen LogP contribution in [0.25, 0.3) is 0 Å². The summed E-state index contributed by atoms with van der Waals surface area (Å²) in [5.74, 6) is 0. The Bertz CT molecular complexity index is 798. The monoisotopic (exact) mass is 350 g/mol. The summed E-state index contributed by atoms with van der Waals surface area (Å²) in [4.78, 5) is 2.43. The molecule has 0 spiro atoms. The molecule has 2 aromatic rings. The van der Waals surface area contributed by atoms with E-state index in [0.29, 0.717) is 10.7 Å². The first-order valence-electron chi connectivity index (χ1n) is 7.60. The molecule has 2 aromatic carbocycles. The minimum Gasteiger partial charge on any atom is -0.370 e. The maximum absolute atomic E-state index is 12.6. The lowest BCUT2D eigenvalue weighted by Crippen LogP contribution is -2.21. The van der Waals surface area contributed by atoms with Crippen LogP contribution in [-0.2, 0) is 10.0 Å². The molecule has 6 heteroatoms. The summed E-state index contributed by atoms with van der Waals surface area (Å²) in [7, 11) is -3.63. The van der Waals surface area contributed by atoms with Gasteiger partial charge >= 0.3 is 0 Å². The molecule has 23 heavy (non-hydrogen) atoms. The Labute approximate surface area is 142 Å². The molecule has 0 atom stereocenters. The molecule has 3 rings (SSSR count). The summed E-state index contributed by atoms with van der Waals surface area (Å²) >= 11 is 6.07. The Morgan fingerprint density at radius 3 is 2.35 bits per heavy atom. The first kappa shape index (κ1) is 16.1. The lowest BCUT2D eigenvalue weighted by atomic mass is 10.2. The van der Waals surface area contributed by atoms with Crippen LogP contribution in [0.5, 0.6) is 0 Å². The van der Waals surface area contributed by atoms with Crippen LogP contribution >= 0.6 is 11.6 Å². The lowest BCUT2D eigenvalue weighted by molar-refractivity contribution is 0.601. The fourth-order valence-electron chi connectivity index (χ4n) is 2.74. The number of nitrogens with one attached hydrogen (secondary N) is 1. The highest BCUT2D eigenvalue weighted by Crippen LogP contribution is 2.33. The zero-order chi connectivity index (χ0) is 16.4. The van der Waals surface area contributed by atoms with Gasteiger partial charge in [-0.1, -0.05) is 29.3 Å². The van der Waals surface area contributed by atoms with Crippen molar-refractivity contribution in [1.29, 1.82) is 0 Å². The van der Waals surface area contributed by atoms with Gasteiger partial charge in [0.15, 0.2) is 0 Å². The molecule has 1 aliphatic rings. The van der Waals surface area contributed by atoms with Gasteiger partial charge in [0.25, 0.3) is 10.0 Å². The fourth-order valence-corrected chi connectivity index (χ4v) is 3.98. The smallest absolute Gasteiger partial charge is 0.261 e. The van der Waals surface area contributed by atoms with E-state index in [-0.39, 0.29) is 4.90 Å². The minimum absolute atomic E-state index is 0.246. The van der Waals surface area contributed by atoms with Gasteiger partial charge in [0.2, 0.25) is 0 Å². The number of halogens is 1. The second-order valence-electron chi connectivity index (χ2n) is 5.77. The van der Waals surface area contributed by atoms with Crippen molar-refractivity contribution >= 4 is 33.0 Å². The van der Waals surface area contributed by atoms with Crippen LogP contribution in [0.1, 0.15) is 18.4 Å². The molecular weight excluding hydrogens is 332 g/mol. The van der Waals surface area contributed by atoms with Crippen LogP contribution < -0.4 is 9.62 Å². The zero-order valence-corrected chi connectivity index (χ0v) is 14.5. The van der Waals surface area contributed by atoms with Crippen LogP contribution in [-0.4, -0.2) is 21.5 Å². The second-order valence-corrected chi connectivity index (χ2v) is 7.89. The number of hydrogen-bond donors (Lipinski definition) is 1. The van der Waals surface area contributed by atoms with Gasteiger partial charge in [0.05, 0.1) is 16.3 Å². The van der Waals surface area contributed by atoms with Gasteiger partial charge in [-0.15, -0.1) is 0 Å². The summed E-state index contributed by atoms with van der Waals surface area (Å²) in [5, 5.41) is 0.509. The van der Waals surface area contributed by atoms with Gasteiger partial charge in [-0.05, 0) is 50.1 Å². The van der Waals surface area contributed by atoms with E-state index in [1.807, 2.05) is 13.0 Å². The van der Waals surface area contributed by atoms with Gasteiger partial charge in [-0.3, -0.25) is 4.72 Å². The lowest BCUT2D eigenvalue weighted by Gasteiger charge is -2.22. The van der Waals surface area contributed by atoms with Gasteiger partial charge in [-0.25, -0.2) is 8.42 Å². The van der Waals surface area contributed by atoms with Crippen LogP contribution in [0.3, 0.4) is 0 Å². The van der Waals surface area contributed by atoms with Crippen LogP contribution in [0, 0.1) is 6.92 Å². The Hall–Kier alpha value is -1.72. The molecule has 0 aliphatic carbocycles. The standard InChI is InChI=1S/C17H19ClN2O2S/c1-13-4-7-15(8-5-13)23(21,22)19-16-12-14(18)6-9-17(16)20-10-2-3-11-20/h4-9,12,19H,2-3,10-11H2,1H3. The molecule has 0 bridgehead atoms. The third kappa shape index (κ3) is 3.62. The van der Waals surface area contributed by atoms with Crippen molar-refractivity contribution in [2.75, 3.05) is 22.7 Å². The van der Waals surface area contributed by atoms with Crippen LogP contribution in [0.2, 0.25) is 5.02 Å². The summed E-state index contributed by atoms with van der Waals surface area (Å²) < 4.78 is 27.9. The number of benzene rings is 2. The number of nitrogens with zero attached hydrogens (tertiary/aromatic N) is 1. The highest BCUT2D eigenvalue weighted by molar-refractivity contribution is 7.92. The van der Waals surface area contributed by atoms with E-state index in [0.717, 1.165) is 37.2 Å². The molecule has 1 heterocycles. The van der Waals surface area contributed by atoms with Crippen molar-refractivity contribution in [3.8, 4) is 0 Å². The van der Waals surface area contributed by atoms with E-state index < -0.39 is 10.0 Å². The summed E-state index contributed by atoms with van der Waals surface area (Å²) in [5.41, 5.74) is 2.42. The van der Waals surface area contributed by atoms with Gasteiger partial charge in [0.1, 0.15) is 0 Å². The van der Waals surface area contributed by atoms with E-state index >= 15 is 0 Å². The molecule has 1 aliphatic heterocycles. The third-order valence-corrected chi connectivity index (χ3v) is 5.60. The highest BCUT2D eigenvalue weighted by atomic mass is 35.5. The Kier molecular flexibility index (Phi) is 4.50. The van der Waals surface area contributed by atoms with E-state index in [1.165, 1.54) is 0 Å². The number of aryl methyl sites for hydroxylation is 1. The summed E-state index contributed by atoms with van der Waals surface area (Å²) in [6, 6.07) is 12.1. The van der Waals surface area contributed by atoms with Gasteiger partial charge < -0.3 is 4.90 Å². The Morgan fingerprint density at radius 1 is 1.04 bits per heavy atom. The van der Waals surface area contributed by atoms with Gasteiger partial charge in [0, 0.05) is 18.1 Å². The molecule has 4 nitrogen and oxygen atoms in total. The highest BCUT2D eigenvalue weighted by Gasteiger charge is 2.20. The predicted molar refractivity (Wildman–Crippen MR) is 94.9 cm³/mol. The van der Waals surface area contributed by atoms with Crippen LogP contribution in [0.15, 0.2) is 47.4 Å². The van der Waals surface area contributed by atoms with Crippen LogP contribution in [0.4, 0.5) is 11.4 Å². The summed E-state index contributed by atoms with van der Waals surface area (Å²) in [6.07, 6.45) is 2.24. The molecular formula is C17H19ClN2O2S.